The fraction of sp³-hybridized carbons (Fsp3) is 0.343. The standard InChI is InChI=1S/C35H35Cl2N5O6/c1-5-48-34(45)20-14-15-42(17-20)27-13-12-19-16-26(39-32(47-4)28(19)27)23-10-6-8-21(29(23)36)22-9-7-11-25(30(22)37)38-31(43)24-18-40(2)35(46)41(3)33(24)44/h6-11,16,18,20,27H,5,12-15,17H2,1-4H3,(H,38,43)/t20-,27-/m0/s1. The molecule has 0 bridgehead atoms. The lowest BCUT2D eigenvalue weighted by Gasteiger charge is -2.25. The Hall–Kier alpha value is -4.45. The summed E-state index contributed by atoms with van der Waals surface area (Å²) in [5, 5.41) is 3.34. The number of fused-ring (bicyclic) bond motifs is 1. The van der Waals surface area contributed by atoms with Gasteiger partial charge in [-0.15, -0.1) is 0 Å². The number of anilines is 1. The van der Waals surface area contributed by atoms with Crippen LogP contribution in [-0.4, -0.2) is 57.7 Å². The average molecular weight is 693 g/mol. The van der Waals surface area contributed by atoms with Crippen LogP contribution < -0.4 is 21.3 Å². The summed E-state index contributed by atoms with van der Waals surface area (Å²) in [6.07, 6.45) is 3.68. The molecule has 1 amide bonds. The third kappa shape index (κ3) is 6.02. The summed E-state index contributed by atoms with van der Waals surface area (Å²) in [5.74, 6) is -0.453. The Labute approximate surface area is 287 Å². The number of aromatic nitrogens is 3. The lowest BCUT2D eigenvalue weighted by molar-refractivity contribution is -0.147. The Bertz CT molecular complexity index is 2060. The number of nitrogens with zero attached hydrogens (tertiary/aromatic N) is 4. The molecule has 1 aliphatic carbocycles. The molecule has 0 unspecified atom stereocenters. The molecule has 1 saturated heterocycles. The van der Waals surface area contributed by atoms with Crippen molar-refractivity contribution in [2.75, 3.05) is 32.1 Å². The second kappa shape index (κ2) is 13.6. The zero-order valence-electron chi connectivity index (χ0n) is 27.0. The molecule has 1 N–H and O–H groups in total. The molecule has 48 heavy (non-hydrogen) atoms. The smallest absolute Gasteiger partial charge is 0.330 e. The normalized spacial score (nSPS) is 17.3. The number of carbonyl (C=O) groups excluding carboxylic acids is 2. The molecule has 2 aliphatic rings. The fourth-order valence-corrected chi connectivity index (χ4v) is 7.29. The van der Waals surface area contributed by atoms with Crippen LogP contribution >= 0.6 is 23.2 Å². The lowest BCUT2D eigenvalue weighted by Crippen LogP contribution is -2.40. The van der Waals surface area contributed by atoms with Crippen molar-refractivity contribution >= 4 is 40.8 Å². The SMILES string of the molecule is CCOC(=O)[C@H]1CCN([C@H]2CCc3cc(-c4cccc(-c5cccc(NC(=O)c6cn(C)c(=O)n(C)c6=O)c5Cl)c4Cl)nc(OC)c32)C1. The number of rotatable bonds is 8. The largest absolute Gasteiger partial charge is 0.481 e. The van der Waals surface area contributed by atoms with Crippen molar-refractivity contribution in [1.29, 1.82) is 0 Å². The highest BCUT2D eigenvalue weighted by molar-refractivity contribution is 6.39. The number of carbonyl (C=O) groups is 2. The van der Waals surface area contributed by atoms with E-state index in [9.17, 15) is 19.2 Å². The third-order valence-corrected chi connectivity index (χ3v) is 9.92. The number of ether oxygens (including phenoxy) is 2. The van der Waals surface area contributed by atoms with Crippen molar-refractivity contribution in [3.63, 3.8) is 0 Å². The van der Waals surface area contributed by atoms with E-state index < -0.39 is 17.2 Å². The molecule has 1 aliphatic heterocycles. The highest BCUT2D eigenvalue weighted by Gasteiger charge is 2.38. The predicted molar refractivity (Wildman–Crippen MR) is 184 cm³/mol. The summed E-state index contributed by atoms with van der Waals surface area (Å²) in [5.41, 5.74) is 3.48. The molecule has 0 spiro atoms. The van der Waals surface area contributed by atoms with Gasteiger partial charge in [-0.2, -0.15) is 0 Å². The minimum Gasteiger partial charge on any atom is -0.481 e. The van der Waals surface area contributed by atoms with Crippen LogP contribution in [0.25, 0.3) is 22.4 Å². The number of hydrogen-bond acceptors (Lipinski definition) is 8. The Morgan fingerprint density at radius 2 is 1.73 bits per heavy atom. The number of hydrogen-bond donors (Lipinski definition) is 1. The van der Waals surface area contributed by atoms with Crippen LogP contribution in [0.5, 0.6) is 5.88 Å². The maximum absolute atomic E-state index is 13.1. The monoisotopic (exact) mass is 691 g/mol. The number of esters is 1. The molecule has 2 atom stereocenters. The molecule has 6 rings (SSSR count). The molecule has 0 radical (unpaired) electrons. The average Bonchev–Trinajstić information content (AvgIpc) is 3.74. The van der Waals surface area contributed by atoms with E-state index in [2.05, 4.69) is 10.2 Å². The van der Waals surface area contributed by atoms with Gasteiger partial charge in [0.25, 0.3) is 11.5 Å². The van der Waals surface area contributed by atoms with Gasteiger partial charge in [-0.05, 0) is 50.4 Å². The van der Waals surface area contributed by atoms with Crippen molar-refractivity contribution in [2.45, 2.75) is 32.2 Å². The van der Waals surface area contributed by atoms with Gasteiger partial charge < -0.3 is 19.4 Å². The van der Waals surface area contributed by atoms with E-state index in [1.165, 1.54) is 20.3 Å². The van der Waals surface area contributed by atoms with Crippen LogP contribution in [0.3, 0.4) is 0 Å². The first-order chi connectivity index (χ1) is 23.0. The van der Waals surface area contributed by atoms with E-state index in [0.29, 0.717) is 46.4 Å². The maximum atomic E-state index is 13.1. The first-order valence-corrected chi connectivity index (χ1v) is 16.4. The summed E-state index contributed by atoms with van der Waals surface area (Å²) in [6, 6.07) is 12.8. The van der Waals surface area contributed by atoms with E-state index in [1.807, 2.05) is 31.2 Å². The van der Waals surface area contributed by atoms with Gasteiger partial charge in [-0.3, -0.25) is 23.9 Å². The molecule has 1 fully saturated rings. The Morgan fingerprint density at radius 3 is 2.46 bits per heavy atom. The van der Waals surface area contributed by atoms with Crippen molar-refractivity contribution in [3.05, 3.63) is 96.2 Å². The summed E-state index contributed by atoms with van der Waals surface area (Å²) in [7, 11) is 4.38. The first-order valence-electron chi connectivity index (χ1n) is 15.7. The molecular formula is C35H35Cl2N5O6. The van der Waals surface area contributed by atoms with E-state index in [4.69, 9.17) is 37.7 Å². The van der Waals surface area contributed by atoms with Crippen LogP contribution in [-0.2, 0) is 30.0 Å². The van der Waals surface area contributed by atoms with Crippen molar-refractivity contribution < 1.29 is 19.1 Å². The maximum Gasteiger partial charge on any atom is 0.330 e. The van der Waals surface area contributed by atoms with E-state index in [0.717, 1.165) is 46.1 Å². The second-order valence-electron chi connectivity index (χ2n) is 12.0. The zero-order chi connectivity index (χ0) is 34.3. The lowest BCUT2D eigenvalue weighted by atomic mass is 9.99. The van der Waals surface area contributed by atoms with Gasteiger partial charge in [0.2, 0.25) is 5.88 Å². The fourth-order valence-electron chi connectivity index (χ4n) is 6.69. The molecule has 2 aromatic carbocycles. The number of amides is 1. The number of methoxy groups -OCH3 is 1. The molecular weight excluding hydrogens is 657 g/mol. The van der Waals surface area contributed by atoms with Crippen molar-refractivity contribution in [3.8, 4) is 28.3 Å². The van der Waals surface area contributed by atoms with Crippen LogP contribution in [0.15, 0.2) is 58.3 Å². The number of likely N-dealkylation sites (tertiary alicyclic amines) is 1. The summed E-state index contributed by atoms with van der Waals surface area (Å²) in [6.45, 7) is 3.64. The molecule has 0 saturated carbocycles. The number of pyridine rings is 1. The molecule has 11 nitrogen and oxygen atoms in total. The predicted octanol–water partition coefficient (Wildman–Crippen LogP) is 5.25. The summed E-state index contributed by atoms with van der Waals surface area (Å²) >= 11 is 13.9. The Balaban J connectivity index is 1.30. The van der Waals surface area contributed by atoms with E-state index in [-0.39, 0.29) is 34.2 Å². The van der Waals surface area contributed by atoms with Crippen LogP contribution in [0.2, 0.25) is 10.0 Å². The van der Waals surface area contributed by atoms with E-state index >= 15 is 0 Å². The third-order valence-electron chi connectivity index (χ3n) is 9.11. The van der Waals surface area contributed by atoms with Gasteiger partial charge in [0.05, 0.1) is 41.1 Å². The molecule has 4 aromatic rings. The minimum absolute atomic E-state index is 0.0930. The van der Waals surface area contributed by atoms with Crippen molar-refractivity contribution in [1.82, 2.24) is 19.0 Å². The Kier molecular flexibility index (Phi) is 9.46. The number of benzene rings is 2. The van der Waals surface area contributed by atoms with Gasteiger partial charge in [-0.1, -0.05) is 53.5 Å². The summed E-state index contributed by atoms with van der Waals surface area (Å²) < 4.78 is 13.1. The van der Waals surface area contributed by atoms with Gasteiger partial charge >= 0.3 is 11.7 Å². The highest BCUT2D eigenvalue weighted by Crippen LogP contribution is 2.46. The van der Waals surface area contributed by atoms with Crippen LogP contribution in [0, 0.1) is 5.92 Å². The number of halogens is 2. The van der Waals surface area contributed by atoms with Gasteiger partial charge in [0, 0.05) is 55.1 Å². The molecule has 13 heteroatoms. The summed E-state index contributed by atoms with van der Waals surface area (Å²) in [4.78, 5) is 57.4. The second-order valence-corrected chi connectivity index (χ2v) is 12.7. The molecule has 2 aromatic heterocycles. The van der Waals surface area contributed by atoms with Crippen LogP contribution in [0.4, 0.5) is 5.69 Å². The van der Waals surface area contributed by atoms with Crippen LogP contribution in [0.1, 0.15) is 47.3 Å². The van der Waals surface area contributed by atoms with Crippen molar-refractivity contribution in [2.24, 2.45) is 20.0 Å². The van der Waals surface area contributed by atoms with Gasteiger partial charge in [0.1, 0.15) is 5.56 Å². The van der Waals surface area contributed by atoms with Gasteiger partial charge in [0.15, 0.2) is 0 Å². The molecule has 250 valence electrons. The van der Waals surface area contributed by atoms with Gasteiger partial charge in [-0.25, -0.2) is 9.78 Å². The quantitative estimate of drug-likeness (QED) is 0.249. The zero-order valence-corrected chi connectivity index (χ0v) is 28.5. The topological polar surface area (TPSA) is 125 Å². The minimum atomic E-state index is -0.719. The highest BCUT2D eigenvalue weighted by atomic mass is 35.5. The number of aryl methyl sites for hydroxylation is 2. The first kappa shape index (κ1) is 33.5. The Morgan fingerprint density at radius 1 is 1.02 bits per heavy atom. The van der Waals surface area contributed by atoms with E-state index in [1.54, 1.807) is 25.3 Å². The molecule has 3 heterocycles. The number of nitrogens with one attached hydrogen (secondary N) is 1.